The summed E-state index contributed by atoms with van der Waals surface area (Å²) in [6.45, 7) is 2.13. The van der Waals surface area contributed by atoms with Gasteiger partial charge in [-0.15, -0.1) is 0 Å². The zero-order valence-corrected chi connectivity index (χ0v) is 19.4. The predicted molar refractivity (Wildman–Crippen MR) is 127 cm³/mol. The van der Waals surface area contributed by atoms with Gasteiger partial charge in [-0.1, -0.05) is 24.3 Å². The van der Waals surface area contributed by atoms with E-state index in [0.717, 1.165) is 24.1 Å². The van der Waals surface area contributed by atoms with E-state index in [4.69, 9.17) is 14.6 Å². The first kappa shape index (κ1) is 22.0. The Morgan fingerprint density at radius 2 is 1.56 bits per heavy atom. The number of hydrogen-bond donors (Lipinski definition) is 0. The highest BCUT2D eigenvalue weighted by Gasteiger charge is 2.36. The summed E-state index contributed by atoms with van der Waals surface area (Å²) < 4.78 is 12.6. The summed E-state index contributed by atoms with van der Waals surface area (Å²) in [6.07, 6.45) is 3.85. The monoisotopic (exact) mass is 460 g/mol. The summed E-state index contributed by atoms with van der Waals surface area (Å²) in [6, 6.07) is 15.3. The maximum Gasteiger partial charge on any atom is 0.275 e. The van der Waals surface area contributed by atoms with Gasteiger partial charge >= 0.3 is 0 Å². The molecular formula is C26H28N4O4. The van der Waals surface area contributed by atoms with Crippen molar-refractivity contribution in [2.75, 3.05) is 40.4 Å². The third-order valence-corrected chi connectivity index (χ3v) is 6.44. The fourth-order valence-corrected chi connectivity index (χ4v) is 4.33. The number of piperazine rings is 1. The van der Waals surface area contributed by atoms with Gasteiger partial charge in [0.2, 0.25) is 5.91 Å². The van der Waals surface area contributed by atoms with Gasteiger partial charge in [0.15, 0.2) is 17.2 Å². The average molecular weight is 461 g/mol. The van der Waals surface area contributed by atoms with Crippen LogP contribution in [0.1, 0.15) is 23.3 Å². The fourth-order valence-electron chi connectivity index (χ4n) is 4.33. The molecule has 1 aliphatic carbocycles. The van der Waals surface area contributed by atoms with E-state index in [1.807, 2.05) is 59.6 Å². The van der Waals surface area contributed by atoms with Crippen molar-refractivity contribution in [3.63, 3.8) is 0 Å². The van der Waals surface area contributed by atoms with Crippen LogP contribution in [0.3, 0.4) is 0 Å². The molecule has 1 aliphatic heterocycles. The number of para-hydroxylation sites is 1. The Hall–Kier alpha value is -3.81. The lowest BCUT2D eigenvalue weighted by Gasteiger charge is -2.34. The van der Waals surface area contributed by atoms with Gasteiger partial charge in [0.1, 0.15) is 0 Å². The van der Waals surface area contributed by atoms with Crippen LogP contribution in [0.4, 0.5) is 0 Å². The van der Waals surface area contributed by atoms with Crippen LogP contribution in [0.2, 0.25) is 0 Å². The maximum absolute atomic E-state index is 13.6. The summed E-state index contributed by atoms with van der Waals surface area (Å²) in [7, 11) is 3.18. The lowest BCUT2D eigenvalue weighted by atomic mass is 10.0. The highest BCUT2D eigenvalue weighted by Crippen LogP contribution is 2.35. The Balaban J connectivity index is 1.46. The summed E-state index contributed by atoms with van der Waals surface area (Å²) in [4.78, 5) is 29.7. The highest BCUT2D eigenvalue weighted by molar-refractivity contribution is 5.99. The second kappa shape index (κ2) is 9.21. The number of amides is 2. The molecule has 0 bridgehead atoms. The Morgan fingerprint density at radius 3 is 2.21 bits per heavy atom. The van der Waals surface area contributed by atoms with Crippen LogP contribution in [-0.2, 0) is 4.79 Å². The first-order valence-corrected chi connectivity index (χ1v) is 11.5. The van der Waals surface area contributed by atoms with Crippen molar-refractivity contribution in [3.05, 3.63) is 60.4 Å². The number of carbonyl (C=O) groups excluding carboxylic acids is 2. The van der Waals surface area contributed by atoms with Gasteiger partial charge in [-0.25, -0.2) is 4.68 Å². The highest BCUT2D eigenvalue weighted by atomic mass is 16.5. The minimum Gasteiger partial charge on any atom is -0.493 e. The molecule has 0 atom stereocenters. The van der Waals surface area contributed by atoms with Crippen molar-refractivity contribution in [3.8, 4) is 28.3 Å². The summed E-state index contributed by atoms with van der Waals surface area (Å²) in [5, 5.41) is 4.70. The molecule has 1 saturated carbocycles. The van der Waals surface area contributed by atoms with Crippen LogP contribution in [0.25, 0.3) is 16.8 Å². The van der Waals surface area contributed by atoms with Gasteiger partial charge in [-0.2, -0.15) is 5.10 Å². The van der Waals surface area contributed by atoms with Crippen molar-refractivity contribution in [2.45, 2.75) is 12.8 Å². The molecule has 176 valence electrons. The molecule has 3 aromatic rings. The lowest BCUT2D eigenvalue weighted by molar-refractivity contribution is -0.134. The fraction of sp³-hybridized carbons (Fsp3) is 0.346. The zero-order chi connectivity index (χ0) is 23.7. The van der Waals surface area contributed by atoms with Gasteiger partial charge in [-0.3, -0.25) is 9.59 Å². The number of rotatable bonds is 6. The Bertz CT molecular complexity index is 1190. The van der Waals surface area contributed by atoms with E-state index >= 15 is 0 Å². The standard InChI is InChI=1S/C26H28N4O4/c1-33-22-11-10-19(16-23(22)34-2)21-17-30(20-6-4-3-5-7-20)27-24(21)26(32)29-14-12-28(13-15-29)25(31)18-8-9-18/h3-7,10-11,16-18H,8-9,12-15H2,1-2H3. The molecule has 2 amide bonds. The Labute approximate surface area is 198 Å². The average Bonchev–Trinajstić information content (AvgIpc) is 3.66. The molecule has 2 heterocycles. The van der Waals surface area contributed by atoms with Crippen molar-refractivity contribution in [1.29, 1.82) is 0 Å². The van der Waals surface area contributed by atoms with Gasteiger partial charge in [0.25, 0.3) is 5.91 Å². The number of aromatic nitrogens is 2. The molecule has 2 fully saturated rings. The van der Waals surface area contributed by atoms with Crippen molar-refractivity contribution >= 4 is 11.8 Å². The number of benzene rings is 2. The minimum absolute atomic E-state index is 0.141. The first-order valence-electron chi connectivity index (χ1n) is 11.5. The number of ether oxygens (including phenoxy) is 2. The largest absolute Gasteiger partial charge is 0.493 e. The van der Waals surface area contributed by atoms with Crippen LogP contribution in [0.5, 0.6) is 11.5 Å². The second-order valence-electron chi connectivity index (χ2n) is 8.63. The molecule has 0 unspecified atom stereocenters. The molecule has 34 heavy (non-hydrogen) atoms. The lowest BCUT2D eigenvalue weighted by Crippen LogP contribution is -2.51. The summed E-state index contributed by atoms with van der Waals surface area (Å²) in [5.41, 5.74) is 2.76. The molecule has 8 nitrogen and oxygen atoms in total. The molecule has 0 radical (unpaired) electrons. The van der Waals surface area contributed by atoms with E-state index in [2.05, 4.69) is 0 Å². The second-order valence-corrected chi connectivity index (χ2v) is 8.63. The Morgan fingerprint density at radius 1 is 0.882 bits per heavy atom. The molecule has 2 aromatic carbocycles. The Kier molecular flexibility index (Phi) is 5.96. The molecule has 5 rings (SSSR count). The van der Waals surface area contributed by atoms with Crippen LogP contribution in [0.15, 0.2) is 54.7 Å². The quantitative estimate of drug-likeness (QED) is 0.564. The molecule has 1 aromatic heterocycles. The molecule has 8 heteroatoms. The van der Waals surface area contributed by atoms with Crippen molar-refractivity contribution in [1.82, 2.24) is 19.6 Å². The number of nitrogens with zero attached hydrogens (tertiary/aromatic N) is 4. The number of carbonyl (C=O) groups is 2. The van der Waals surface area contributed by atoms with Gasteiger partial charge in [0, 0.05) is 43.9 Å². The first-order chi connectivity index (χ1) is 16.6. The van der Waals surface area contributed by atoms with Crippen LogP contribution in [0, 0.1) is 5.92 Å². The molecule has 1 saturated heterocycles. The molecular weight excluding hydrogens is 432 g/mol. The van der Waals surface area contributed by atoms with Crippen LogP contribution < -0.4 is 9.47 Å². The number of methoxy groups -OCH3 is 2. The van der Waals surface area contributed by atoms with E-state index < -0.39 is 0 Å². The van der Waals surface area contributed by atoms with Gasteiger partial charge in [-0.05, 0) is 42.7 Å². The van der Waals surface area contributed by atoms with Crippen molar-refractivity contribution < 1.29 is 19.1 Å². The topological polar surface area (TPSA) is 76.9 Å². The summed E-state index contributed by atoms with van der Waals surface area (Å²) in [5.74, 6) is 1.48. The number of hydrogen-bond acceptors (Lipinski definition) is 5. The van der Waals surface area contributed by atoms with Gasteiger partial charge in [0.05, 0.1) is 19.9 Å². The molecule has 2 aliphatic rings. The van der Waals surface area contributed by atoms with E-state index in [1.165, 1.54) is 0 Å². The molecule has 0 N–H and O–H groups in total. The predicted octanol–water partition coefficient (Wildman–Crippen LogP) is 3.25. The SMILES string of the molecule is COc1ccc(-c2cn(-c3ccccc3)nc2C(=O)N2CCN(C(=O)C3CC3)CC2)cc1OC. The van der Waals surface area contributed by atoms with E-state index in [9.17, 15) is 9.59 Å². The van der Waals surface area contributed by atoms with Crippen LogP contribution >= 0.6 is 0 Å². The van der Waals surface area contributed by atoms with E-state index in [-0.39, 0.29) is 17.7 Å². The molecule has 0 spiro atoms. The minimum atomic E-state index is -0.141. The zero-order valence-electron chi connectivity index (χ0n) is 19.4. The maximum atomic E-state index is 13.6. The third-order valence-electron chi connectivity index (χ3n) is 6.44. The van der Waals surface area contributed by atoms with E-state index in [1.54, 1.807) is 23.8 Å². The smallest absolute Gasteiger partial charge is 0.275 e. The van der Waals surface area contributed by atoms with Crippen LogP contribution in [-0.4, -0.2) is 71.8 Å². The normalized spacial score (nSPS) is 15.8. The third kappa shape index (κ3) is 4.23. The summed E-state index contributed by atoms with van der Waals surface area (Å²) >= 11 is 0. The van der Waals surface area contributed by atoms with E-state index in [0.29, 0.717) is 48.9 Å². The van der Waals surface area contributed by atoms with Crippen molar-refractivity contribution in [2.24, 2.45) is 5.92 Å². The van der Waals surface area contributed by atoms with Gasteiger partial charge < -0.3 is 19.3 Å².